The van der Waals surface area contributed by atoms with Gasteiger partial charge in [0.15, 0.2) is 0 Å². The third-order valence-electron chi connectivity index (χ3n) is 6.06. The molecule has 0 aromatic heterocycles. The Balaban J connectivity index is 1.47. The molecule has 0 radical (unpaired) electrons. The van der Waals surface area contributed by atoms with Crippen LogP contribution in [-0.4, -0.2) is 40.5 Å². The molecule has 1 aliphatic rings. The monoisotopic (exact) mass is 446 g/mol. The lowest BCUT2D eigenvalue weighted by Crippen LogP contribution is -2.46. The SMILES string of the molecule is CC(C)Oc1ccc(C(C)NC(=O)C2CCCN2C(=O)c2ccc3ccccc3c2O)cc1. The number of aromatic hydroxyl groups is 1. The lowest BCUT2D eigenvalue weighted by molar-refractivity contribution is -0.125. The first-order chi connectivity index (χ1) is 15.8. The van der Waals surface area contributed by atoms with Crippen molar-refractivity contribution in [1.82, 2.24) is 10.2 Å². The van der Waals surface area contributed by atoms with Crippen molar-refractivity contribution < 1.29 is 19.4 Å². The van der Waals surface area contributed by atoms with E-state index in [1.165, 1.54) is 0 Å². The van der Waals surface area contributed by atoms with Crippen LogP contribution in [0.15, 0.2) is 60.7 Å². The highest BCUT2D eigenvalue weighted by Crippen LogP contribution is 2.31. The maximum absolute atomic E-state index is 13.3. The molecule has 0 bridgehead atoms. The van der Waals surface area contributed by atoms with Crippen molar-refractivity contribution >= 4 is 22.6 Å². The number of hydrogen-bond donors (Lipinski definition) is 2. The van der Waals surface area contributed by atoms with Crippen LogP contribution >= 0.6 is 0 Å². The van der Waals surface area contributed by atoms with Gasteiger partial charge in [0.1, 0.15) is 17.5 Å². The third kappa shape index (κ3) is 4.80. The van der Waals surface area contributed by atoms with Crippen LogP contribution in [0.25, 0.3) is 10.8 Å². The minimum Gasteiger partial charge on any atom is -0.506 e. The van der Waals surface area contributed by atoms with Gasteiger partial charge < -0.3 is 20.1 Å². The number of phenolic OH excluding ortho intramolecular Hbond substituents is 1. The van der Waals surface area contributed by atoms with E-state index in [4.69, 9.17) is 4.74 Å². The van der Waals surface area contributed by atoms with Crippen LogP contribution in [0.4, 0.5) is 0 Å². The molecule has 1 aliphatic heterocycles. The molecule has 0 aliphatic carbocycles. The van der Waals surface area contributed by atoms with Gasteiger partial charge in [-0.2, -0.15) is 0 Å². The smallest absolute Gasteiger partial charge is 0.258 e. The quantitative estimate of drug-likeness (QED) is 0.569. The standard InChI is InChI=1S/C27H30N2O4/c1-17(2)33-21-13-10-19(11-14-21)18(3)28-26(31)24-9-6-16-29(24)27(32)23-15-12-20-7-4-5-8-22(20)25(23)30/h4-5,7-8,10-15,17-18,24,30H,6,9,16H2,1-3H3,(H,28,31). The van der Waals surface area contributed by atoms with Gasteiger partial charge in [-0.1, -0.05) is 42.5 Å². The van der Waals surface area contributed by atoms with Crippen LogP contribution in [0, 0.1) is 0 Å². The molecule has 1 heterocycles. The fraction of sp³-hybridized carbons (Fsp3) is 0.333. The number of carbonyl (C=O) groups excluding carboxylic acids is 2. The highest BCUT2D eigenvalue weighted by molar-refractivity contribution is 6.05. The van der Waals surface area contributed by atoms with E-state index in [1.54, 1.807) is 17.0 Å². The van der Waals surface area contributed by atoms with E-state index in [1.807, 2.05) is 69.3 Å². The fourth-order valence-electron chi connectivity index (χ4n) is 4.36. The van der Waals surface area contributed by atoms with Crippen molar-refractivity contribution in [2.45, 2.75) is 51.8 Å². The first-order valence-electron chi connectivity index (χ1n) is 11.4. The topological polar surface area (TPSA) is 78.9 Å². The van der Waals surface area contributed by atoms with Crippen LogP contribution in [0.2, 0.25) is 0 Å². The van der Waals surface area contributed by atoms with E-state index in [2.05, 4.69) is 5.32 Å². The summed E-state index contributed by atoms with van der Waals surface area (Å²) in [5.41, 5.74) is 1.18. The molecule has 4 rings (SSSR count). The largest absolute Gasteiger partial charge is 0.506 e. The Hall–Kier alpha value is -3.54. The summed E-state index contributed by atoms with van der Waals surface area (Å²) in [6.07, 6.45) is 1.44. The number of rotatable bonds is 6. The highest BCUT2D eigenvalue weighted by Gasteiger charge is 2.36. The van der Waals surface area contributed by atoms with E-state index >= 15 is 0 Å². The van der Waals surface area contributed by atoms with E-state index in [9.17, 15) is 14.7 Å². The Morgan fingerprint density at radius 3 is 2.48 bits per heavy atom. The molecule has 0 spiro atoms. The number of ether oxygens (including phenoxy) is 1. The second kappa shape index (κ2) is 9.53. The summed E-state index contributed by atoms with van der Waals surface area (Å²) in [4.78, 5) is 27.9. The van der Waals surface area contributed by atoms with Crippen molar-refractivity contribution in [3.8, 4) is 11.5 Å². The Morgan fingerprint density at radius 2 is 1.76 bits per heavy atom. The molecule has 2 atom stereocenters. The molecule has 2 unspecified atom stereocenters. The van der Waals surface area contributed by atoms with Crippen LogP contribution in [0.3, 0.4) is 0 Å². The molecule has 2 amide bonds. The molecule has 1 fully saturated rings. The third-order valence-corrected chi connectivity index (χ3v) is 6.06. The molecule has 0 saturated carbocycles. The van der Waals surface area contributed by atoms with E-state index in [-0.39, 0.29) is 35.3 Å². The van der Waals surface area contributed by atoms with Crippen molar-refractivity contribution in [2.75, 3.05) is 6.54 Å². The number of phenols is 1. The Bertz CT molecular complexity index is 1160. The maximum Gasteiger partial charge on any atom is 0.258 e. The first kappa shape index (κ1) is 22.6. The van der Waals surface area contributed by atoms with Gasteiger partial charge in [0.05, 0.1) is 17.7 Å². The lowest BCUT2D eigenvalue weighted by Gasteiger charge is -2.26. The molecule has 2 N–H and O–H groups in total. The van der Waals surface area contributed by atoms with Gasteiger partial charge in [-0.25, -0.2) is 0 Å². The highest BCUT2D eigenvalue weighted by atomic mass is 16.5. The number of nitrogens with zero attached hydrogens (tertiary/aromatic N) is 1. The summed E-state index contributed by atoms with van der Waals surface area (Å²) >= 11 is 0. The minimum absolute atomic E-state index is 0.0405. The predicted octanol–water partition coefficient (Wildman–Crippen LogP) is 4.81. The summed E-state index contributed by atoms with van der Waals surface area (Å²) in [5, 5.41) is 15.2. The summed E-state index contributed by atoms with van der Waals surface area (Å²) in [5.74, 6) is 0.242. The van der Waals surface area contributed by atoms with Crippen molar-refractivity contribution in [1.29, 1.82) is 0 Å². The molecular weight excluding hydrogens is 416 g/mol. The van der Waals surface area contributed by atoms with Crippen molar-refractivity contribution in [3.63, 3.8) is 0 Å². The Kier molecular flexibility index (Phi) is 6.54. The number of amides is 2. The van der Waals surface area contributed by atoms with Gasteiger partial charge in [0.2, 0.25) is 5.91 Å². The van der Waals surface area contributed by atoms with Crippen LogP contribution in [0.1, 0.15) is 55.6 Å². The first-order valence-corrected chi connectivity index (χ1v) is 11.4. The van der Waals surface area contributed by atoms with Gasteiger partial charge >= 0.3 is 0 Å². The number of nitrogens with one attached hydrogen (secondary N) is 1. The zero-order chi connectivity index (χ0) is 23.5. The second-order valence-corrected chi connectivity index (χ2v) is 8.81. The number of hydrogen-bond acceptors (Lipinski definition) is 4. The van der Waals surface area contributed by atoms with Crippen LogP contribution in [0.5, 0.6) is 11.5 Å². The van der Waals surface area contributed by atoms with Crippen LogP contribution in [-0.2, 0) is 4.79 Å². The number of benzene rings is 3. The van der Waals surface area contributed by atoms with Crippen molar-refractivity contribution in [3.05, 3.63) is 71.8 Å². The van der Waals surface area contributed by atoms with E-state index in [0.29, 0.717) is 18.4 Å². The molecule has 1 saturated heterocycles. The molecule has 33 heavy (non-hydrogen) atoms. The minimum atomic E-state index is -0.561. The molecule has 6 nitrogen and oxygen atoms in total. The zero-order valence-corrected chi connectivity index (χ0v) is 19.2. The summed E-state index contributed by atoms with van der Waals surface area (Å²) in [6, 6.07) is 17.7. The van der Waals surface area contributed by atoms with Gasteiger partial charge in [-0.3, -0.25) is 9.59 Å². The molecule has 172 valence electrons. The van der Waals surface area contributed by atoms with Crippen molar-refractivity contribution in [2.24, 2.45) is 0 Å². The summed E-state index contributed by atoms with van der Waals surface area (Å²) in [6.45, 7) is 6.36. The predicted molar refractivity (Wildman–Crippen MR) is 128 cm³/mol. The van der Waals surface area contributed by atoms with Gasteiger partial charge in [0.25, 0.3) is 5.91 Å². The molecular formula is C27H30N2O4. The van der Waals surface area contributed by atoms with Crippen LogP contribution < -0.4 is 10.1 Å². The second-order valence-electron chi connectivity index (χ2n) is 8.81. The van der Waals surface area contributed by atoms with E-state index in [0.717, 1.165) is 23.1 Å². The number of likely N-dealkylation sites (tertiary alicyclic amines) is 1. The normalized spacial score (nSPS) is 16.7. The molecule has 3 aromatic rings. The number of carbonyl (C=O) groups is 2. The molecule has 3 aromatic carbocycles. The fourth-order valence-corrected chi connectivity index (χ4v) is 4.36. The van der Waals surface area contributed by atoms with E-state index < -0.39 is 6.04 Å². The van der Waals surface area contributed by atoms with Gasteiger partial charge in [0, 0.05) is 11.9 Å². The summed E-state index contributed by atoms with van der Waals surface area (Å²) in [7, 11) is 0. The van der Waals surface area contributed by atoms with Gasteiger partial charge in [-0.05, 0) is 62.8 Å². The number of fused-ring (bicyclic) bond motifs is 1. The Morgan fingerprint density at radius 1 is 1.03 bits per heavy atom. The lowest BCUT2D eigenvalue weighted by atomic mass is 10.0. The summed E-state index contributed by atoms with van der Waals surface area (Å²) < 4.78 is 5.68. The maximum atomic E-state index is 13.3. The Labute approximate surface area is 194 Å². The zero-order valence-electron chi connectivity index (χ0n) is 19.2. The average Bonchev–Trinajstić information content (AvgIpc) is 3.29. The average molecular weight is 447 g/mol. The van der Waals surface area contributed by atoms with Gasteiger partial charge in [-0.15, -0.1) is 0 Å². The molecule has 6 heteroatoms.